The number of halogens is 1. The molecule has 0 saturated carbocycles. The molecule has 0 aliphatic carbocycles. The molecule has 0 heterocycles. The Hall–Kier alpha value is -1.91. The van der Waals surface area contributed by atoms with Crippen molar-refractivity contribution in [3.63, 3.8) is 0 Å². The minimum atomic E-state index is -0.330. The van der Waals surface area contributed by atoms with E-state index >= 15 is 0 Å². The lowest BCUT2D eigenvalue weighted by Gasteiger charge is -2.10. The first-order valence-corrected chi connectivity index (χ1v) is 8.06. The molecule has 0 aliphatic heterocycles. The summed E-state index contributed by atoms with van der Waals surface area (Å²) in [4.78, 5) is 12.6. The number of anilines is 1. The van der Waals surface area contributed by atoms with Crippen molar-refractivity contribution in [1.82, 2.24) is 0 Å². The van der Waals surface area contributed by atoms with Crippen molar-refractivity contribution >= 4 is 35.0 Å². The quantitative estimate of drug-likeness (QED) is 0.598. The van der Waals surface area contributed by atoms with E-state index in [0.29, 0.717) is 21.4 Å². The highest BCUT2D eigenvalue weighted by atomic mass is 35.5. The molecular weight excluding hydrogens is 318 g/mol. The molecule has 5 heteroatoms. The van der Waals surface area contributed by atoms with Crippen LogP contribution in [-0.2, 0) is 10.5 Å². The van der Waals surface area contributed by atoms with Gasteiger partial charge in [-0.3, -0.25) is 4.79 Å². The molecule has 2 aromatic rings. The van der Waals surface area contributed by atoms with Gasteiger partial charge < -0.3 is 10.4 Å². The Morgan fingerprint density at radius 1 is 1.14 bits per heavy atom. The highest BCUT2D eigenvalue weighted by Crippen LogP contribution is 2.25. The first kappa shape index (κ1) is 16.5. The molecule has 1 amide bonds. The minimum absolute atomic E-state index is 0.00685. The molecule has 0 radical (unpaired) electrons. The Kier molecular flexibility index (Phi) is 5.92. The SMILES string of the molecule is C/C(O)=C(\SCc1ccccc1)C(=O)Nc1ccc(Cl)cc1. The van der Waals surface area contributed by atoms with Crippen LogP contribution in [0.15, 0.2) is 65.3 Å². The number of nitrogens with one attached hydrogen (secondary N) is 1. The summed E-state index contributed by atoms with van der Waals surface area (Å²) in [5.41, 5.74) is 1.72. The fourth-order valence-corrected chi connectivity index (χ4v) is 2.81. The lowest BCUT2D eigenvalue weighted by molar-refractivity contribution is -0.112. The molecule has 114 valence electrons. The summed E-state index contributed by atoms with van der Waals surface area (Å²) in [6, 6.07) is 16.6. The number of aliphatic hydroxyl groups excluding tert-OH is 1. The topological polar surface area (TPSA) is 49.3 Å². The third-order valence-corrected chi connectivity index (χ3v) is 4.36. The van der Waals surface area contributed by atoms with E-state index in [-0.39, 0.29) is 11.7 Å². The summed E-state index contributed by atoms with van der Waals surface area (Å²) in [7, 11) is 0. The summed E-state index contributed by atoms with van der Waals surface area (Å²) in [5.74, 6) is 0.290. The highest BCUT2D eigenvalue weighted by Gasteiger charge is 2.14. The Labute approximate surface area is 139 Å². The molecule has 0 atom stereocenters. The van der Waals surface area contributed by atoms with Gasteiger partial charge in [-0.15, -0.1) is 11.8 Å². The van der Waals surface area contributed by atoms with Gasteiger partial charge in [0.15, 0.2) is 0 Å². The van der Waals surface area contributed by atoms with Crippen LogP contribution in [0, 0.1) is 0 Å². The van der Waals surface area contributed by atoms with Gasteiger partial charge in [0, 0.05) is 16.5 Å². The van der Waals surface area contributed by atoms with Gasteiger partial charge in [-0.2, -0.15) is 0 Å². The summed E-state index contributed by atoms with van der Waals surface area (Å²) in [6.45, 7) is 1.51. The molecule has 2 rings (SSSR count). The smallest absolute Gasteiger partial charge is 0.265 e. The zero-order valence-corrected chi connectivity index (χ0v) is 13.6. The van der Waals surface area contributed by atoms with Crippen LogP contribution >= 0.6 is 23.4 Å². The summed E-state index contributed by atoms with van der Waals surface area (Å²) in [5, 5.41) is 13.1. The van der Waals surface area contributed by atoms with E-state index in [2.05, 4.69) is 5.32 Å². The van der Waals surface area contributed by atoms with Crippen LogP contribution in [0.5, 0.6) is 0 Å². The van der Waals surface area contributed by atoms with Gasteiger partial charge in [-0.1, -0.05) is 41.9 Å². The number of hydrogen-bond acceptors (Lipinski definition) is 3. The summed E-state index contributed by atoms with van der Waals surface area (Å²) >= 11 is 7.12. The molecule has 3 nitrogen and oxygen atoms in total. The van der Waals surface area contributed by atoms with Gasteiger partial charge in [-0.05, 0) is 36.8 Å². The average molecular weight is 334 g/mol. The van der Waals surface area contributed by atoms with E-state index in [9.17, 15) is 9.90 Å². The van der Waals surface area contributed by atoms with Crippen molar-refractivity contribution in [1.29, 1.82) is 0 Å². The first-order valence-electron chi connectivity index (χ1n) is 6.70. The van der Waals surface area contributed by atoms with E-state index < -0.39 is 0 Å². The lowest BCUT2D eigenvalue weighted by Crippen LogP contribution is -2.14. The predicted molar refractivity (Wildman–Crippen MR) is 93.1 cm³/mol. The molecule has 0 aromatic heterocycles. The highest BCUT2D eigenvalue weighted by molar-refractivity contribution is 8.03. The van der Waals surface area contributed by atoms with E-state index in [4.69, 9.17) is 11.6 Å². The van der Waals surface area contributed by atoms with Gasteiger partial charge in [0.1, 0.15) is 10.7 Å². The Balaban J connectivity index is 2.03. The van der Waals surface area contributed by atoms with Crippen LogP contribution in [0.4, 0.5) is 5.69 Å². The largest absolute Gasteiger partial charge is 0.511 e. The maximum absolute atomic E-state index is 12.3. The predicted octanol–water partition coefficient (Wildman–Crippen LogP) is 5.00. The van der Waals surface area contributed by atoms with Crippen LogP contribution in [0.2, 0.25) is 5.02 Å². The normalized spacial score (nSPS) is 11.7. The molecule has 0 unspecified atom stereocenters. The molecule has 0 bridgehead atoms. The monoisotopic (exact) mass is 333 g/mol. The van der Waals surface area contributed by atoms with Crippen LogP contribution < -0.4 is 5.32 Å². The molecule has 22 heavy (non-hydrogen) atoms. The summed E-state index contributed by atoms with van der Waals surface area (Å²) < 4.78 is 0. The maximum atomic E-state index is 12.3. The van der Waals surface area contributed by atoms with Crippen LogP contribution in [-0.4, -0.2) is 11.0 Å². The van der Waals surface area contributed by atoms with Gasteiger partial charge in [0.2, 0.25) is 0 Å². The second-order valence-corrected chi connectivity index (χ2v) is 6.07. The number of aliphatic hydroxyl groups is 1. The number of amides is 1. The zero-order valence-electron chi connectivity index (χ0n) is 12.0. The zero-order chi connectivity index (χ0) is 15.9. The van der Waals surface area contributed by atoms with E-state index in [0.717, 1.165) is 5.56 Å². The maximum Gasteiger partial charge on any atom is 0.265 e. The van der Waals surface area contributed by atoms with Gasteiger partial charge in [0.05, 0.1) is 0 Å². The molecule has 0 spiro atoms. The summed E-state index contributed by atoms with van der Waals surface area (Å²) in [6.07, 6.45) is 0. The number of hydrogen-bond donors (Lipinski definition) is 2. The number of rotatable bonds is 5. The second kappa shape index (κ2) is 7.92. The number of benzene rings is 2. The Morgan fingerprint density at radius 3 is 2.36 bits per heavy atom. The van der Waals surface area contributed by atoms with Crippen LogP contribution in [0.3, 0.4) is 0 Å². The van der Waals surface area contributed by atoms with Gasteiger partial charge in [-0.25, -0.2) is 0 Å². The molecule has 2 aromatic carbocycles. The average Bonchev–Trinajstić information content (AvgIpc) is 2.50. The fourth-order valence-electron chi connectivity index (χ4n) is 1.79. The molecule has 0 fully saturated rings. The van der Waals surface area contributed by atoms with Crippen molar-refractivity contribution in [2.45, 2.75) is 12.7 Å². The van der Waals surface area contributed by atoms with Crippen molar-refractivity contribution in [3.8, 4) is 0 Å². The Bertz CT molecular complexity index is 665. The van der Waals surface area contributed by atoms with E-state index in [1.54, 1.807) is 24.3 Å². The molecule has 2 N–H and O–H groups in total. The van der Waals surface area contributed by atoms with Gasteiger partial charge in [0.25, 0.3) is 5.91 Å². The van der Waals surface area contributed by atoms with E-state index in [1.807, 2.05) is 30.3 Å². The first-order chi connectivity index (χ1) is 10.6. The van der Waals surface area contributed by atoms with Crippen LogP contribution in [0.25, 0.3) is 0 Å². The number of allylic oxidation sites excluding steroid dienone is 1. The number of thioether (sulfide) groups is 1. The standard InChI is InChI=1S/C17H16ClNO2S/c1-12(20)16(22-11-13-5-3-2-4-6-13)17(21)19-15-9-7-14(18)8-10-15/h2-10,20H,11H2,1H3,(H,19,21)/b16-12+. The lowest BCUT2D eigenvalue weighted by atomic mass is 10.2. The van der Waals surface area contributed by atoms with Crippen molar-refractivity contribution < 1.29 is 9.90 Å². The van der Waals surface area contributed by atoms with Crippen molar-refractivity contribution in [2.24, 2.45) is 0 Å². The second-order valence-electron chi connectivity index (χ2n) is 4.65. The Morgan fingerprint density at radius 2 is 1.77 bits per heavy atom. The van der Waals surface area contributed by atoms with Crippen molar-refractivity contribution in [2.75, 3.05) is 5.32 Å². The third-order valence-electron chi connectivity index (χ3n) is 2.86. The van der Waals surface area contributed by atoms with Gasteiger partial charge >= 0.3 is 0 Å². The van der Waals surface area contributed by atoms with E-state index in [1.165, 1.54) is 18.7 Å². The molecular formula is C17H16ClNO2S. The van der Waals surface area contributed by atoms with Crippen LogP contribution in [0.1, 0.15) is 12.5 Å². The number of carbonyl (C=O) groups excluding carboxylic acids is 1. The number of carbonyl (C=O) groups is 1. The minimum Gasteiger partial charge on any atom is -0.511 e. The van der Waals surface area contributed by atoms with Crippen molar-refractivity contribution in [3.05, 3.63) is 75.8 Å². The molecule has 0 saturated heterocycles. The molecule has 0 aliphatic rings. The third kappa shape index (κ3) is 4.83. The fraction of sp³-hybridized carbons (Fsp3) is 0.118.